The zero-order valence-electron chi connectivity index (χ0n) is 12.7. The van der Waals surface area contributed by atoms with Crippen LogP contribution in [0.15, 0.2) is 29.3 Å². The lowest BCUT2D eigenvalue weighted by Crippen LogP contribution is -2.25. The van der Waals surface area contributed by atoms with E-state index >= 15 is 0 Å². The van der Waals surface area contributed by atoms with Crippen LogP contribution in [0.1, 0.15) is 21.8 Å². The molecular weight excluding hydrogens is 306 g/mol. The number of aromatic nitrogens is 2. The molecule has 0 radical (unpaired) electrons. The Hall–Kier alpha value is -2.49. The highest BCUT2D eigenvalue weighted by atomic mass is 32.1. The number of nitrogens with zero attached hydrogens (tertiary/aromatic N) is 4. The van der Waals surface area contributed by atoms with Gasteiger partial charge in [-0.3, -0.25) is 0 Å². The molecule has 23 heavy (non-hydrogen) atoms. The molecule has 0 amide bonds. The molecule has 5 nitrogen and oxygen atoms in total. The monoisotopic (exact) mass is 321 g/mol. The van der Waals surface area contributed by atoms with E-state index in [4.69, 9.17) is 0 Å². The molecule has 3 aromatic rings. The van der Waals surface area contributed by atoms with Gasteiger partial charge in [0.25, 0.3) is 0 Å². The second-order valence-corrected chi connectivity index (χ2v) is 6.76. The Morgan fingerprint density at radius 3 is 3.13 bits per heavy atom. The number of aliphatic imine (C=N–C) groups is 1. The van der Waals surface area contributed by atoms with Crippen molar-refractivity contribution in [1.82, 2.24) is 14.9 Å². The molecule has 1 aliphatic heterocycles. The molecule has 1 aromatic carbocycles. The fourth-order valence-corrected chi connectivity index (χ4v) is 4.10. The minimum absolute atomic E-state index is 0.707. The summed E-state index contributed by atoms with van der Waals surface area (Å²) in [4.78, 5) is 15.8. The van der Waals surface area contributed by atoms with E-state index in [2.05, 4.69) is 33.0 Å². The smallest absolute Gasteiger partial charge is 0.149 e. The molecule has 1 aliphatic rings. The van der Waals surface area contributed by atoms with Gasteiger partial charge in [-0.15, -0.1) is 11.3 Å². The molecule has 0 unspecified atom stereocenters. The van der Waals surface area contributed by atoms with Gasteiger partial charge in [0, 0.05) is 18.0 Å². The van der Waals surface area contributed by atoms with Crippen LogP contribution in [0.2, 0.25) is 0 Å². The summed E-state index contributed by atoms with van der Waals surface area (Å²) in [5.74, 6) is 0.707. The van der Waals surface area contributed by atoms with Gasteiger partial charge in [-0.05, 0) is 31.2 Å². The predicted molar refractivity (Wildman–Crippen MR) is 92.4 cm³/mol. The van der Waals surface area contributed by atoms with Gasteiger partial charge in [-0.1, -0.05) is 12.1 Å². The summed E-state index contributed by atoms with van der Waals surface area (Å²) in [6, 6.07) is 10.2. The highest BCUT2D eigenvalue weighted by Crippen LogP contribution is 2.38. The number of nitriles is 1. The predicted octanol–water partition coefficient (Wildman–Crippen LogP) is 3.23. The van der Waals surface area contributed by atoms with E-state index in [9.17, 15) is 5.26 Å². The first-order valence-corrected chi connectivity index (χ1v) is 8.28. The molecule has 114 valence electrons. The number of hydrogen-bond donors (Lipinski definition) is 1. The number of imidazole rings is 1. The molecule has 4 rings (SSSR count). The first-order valence-electron chi connectivity index (χ1n) is 7.46. The maximum atomic E-state index is 9.49. The number of nitrogens with one attached hydrogen (secondary N) is 1. The second kappa shape index (κ2) is 5.61. The van der Waals surface area contributed by atoms with Crippen molar-refractivity contribution in [1.29, 1.82) is 5.26 Å². The average molecular weight is 321 g/mol. The lowest BCUT2D eigenvalue weighted by Gasteiger charge is -2.21. The molecular formula is C17H15N5S. The maximum Gasteiger partial charge on any atom is 0.149 e. The van der Waals surface area contributed by atoms with Gasteiger partial charge >= 0.3 is 0 Å². The number of rotatable bonds is 2. The van der Waals surface area contributed by atoms with Crippen molar-refractivity contribution in [2.45, 2.75) is 13.0 Å². The van der Waals surface area contributed by atoms with Gasteiger partial charge in [-0.25, -0.2) is 9.98 Å². The molecule has 0 saturated heterocycles. The standard InChI is InChI=1S/C17H15N5S/c1-22-7-6-11-12(8-18)17(23-15(11)10-22)19-9-16-20-13-4-2-3-5-14(13)21-16/h2-5,9H,6-7,10H2,1H3,(H,20,21). The zero-order chi connectivity index (χ0) is 15.8. The lowest BCUT2D eigenvalue weighted by molar-refractivity contribution is 0.317. The Morgan fingerprint density at radius 2 is 2.30 bits per heavy atom. The molecule has 0 atom stereocenters. The first kappa shape index (κ1) is 14.1. The molecule has 0 saturated carbocycles. The highest BCUT2D eigenvalue weighted by Gasteiger charge is 2.22. The van der Waals surface area contributed by atoms with E-state index < -0.39 is 0 Å². The number of hydrogen-bond acceptors (Lipinski definition) is 5. The summed E-state index contributed by atoms with van der Waals surface area (Å²) in [7, 11) is 2.10. The number of para-hydroxylation sites is 2. The van der Waals surface area contributed by atoms with Gasteiger partial charge in [0.2, 0.25) is 0 Å². The number of benzene rings is 1. The Labute approximate surface area is 137 Å². The molecule has 0 spiro atoms. The van der Waals surface area contributed by atoms with Crippen LogP contribution in [-0.4, -0.2) is 34.7 Å². The van der Waals surface area contributed by atoms with E-state index in [1.165, 1.54) is 10.4 Å². The Morgan fingerprint density at radius 1 is 1.43 bits per heavy atom. The SMILES string of the molecule is CN1CCc2c(sc(N=Cc3nc4ccccc4[nH]3)c2C#N)C1. The molecule has 6 heteroatoms. The van der Waals surface area contributed by atoms with Crippen molar-refractivity contribution in [3.63, 3.8) is 0 Å². The van der Waals surface area contributed by atoms with Crippen LogP contribution in [0, 0.1) is 11.3 Å². The van der Waals surface area contributed by atoms with Crippen molar-refractivity contribution in [3.8, 4) is 6.07 Å². The van der Waals surface area contributed by atoms with Crippen molar-refractivity contribution < 1.29 is 0 Å². The maximum absolute atomic E-state index is 9.49. The summed E-state index contributed by atoms with van der Waals surface area (Å²) in [5, 5.41) is 10.3. The molecule has 2 aromatic heterocycles. The van der Waals surface area contributed by atoms with Crippen LogP contribution in [0.25, 0.3) is 11.0 Å². The summed E-state index contributed by atoms with van der Waals surface area (Å²) in [6.45, 7) is 1.89. The third-order valence-corrected chi connectivity index (χ3v) is 5.18. The van der Waals surface area contributed by atoms with Gasteiger partial charge in [0.05, 0.1) is 22.8 Å². The summed E-state index contributed by atoms with van der Waals surface area (Å²) < 4.78 is 0. The number of likely N-dealkylation sites (N-methyl/N-ethyl adjacent to an activating group) is 1. The number of fused-ring (bicyclic) bond motifs is 2. The fraction of sp³-hybridized carbons (Fsp3) is 0.235. The van der Waals surface area contributed by atoms with E-state index in [0.29, 0.717) is 5.82 Å². The van der Waals surface area contributed by atoms with Gasteiger partial charge < -0.3 is 9.88 Å². The van der Waals surface area contributed by atoms with Gasteiger partial charge in [0.1, 0.15) is 16.9 Å². The topological polar surface area (TPSA) is 68.1 Å². The van der Waals surface area contributed by atoms with E-state index in [-0.39, 0.29) is 0 Å². The fourth-order valence-electron chi connectivity index (χ4n) is 2.88. The minimum atomic E-state index is 0.707. The number of aromatic amines is 1. The summed E-state index contributed by atoms with van der Waals surface area (Å²) in [5.41, 5.74) is 3.81. The quantitative estimate of drug-likeness (QED) is 0.737. The van der Waals surface area contributed by atoms with Crippen LogP contribution >= 0.6 is 11.3 Å². The van der Waals surface area contributed by atoms with Crippen molar-refractivity contribution in [3.05, 3.63) is 46.1 Å². The average Bonchev–Trinajstić information content (AvgIpc) is 3.12. The van der Waals surface area contributed by atoms with Crippen LogP contribution in [0.3, 0.4) is 0 Å². The van der Waals surface area contributed by atoms with Crippen molar-refractivity contribution in [2.24, 2.45) is 4.99 Å². The normalized spacial score (nSPS) is 15.1. The van der Waals surface area contributed by atoms with E-state index in [1.807, 2.05) is 24.3 Å². The van der Waals surface area contributed by atoms with E-state index in [0.717, 1.165) is 41.1 Å². The number of H-pyrrole nitrogens is 1. The van der Waals surface area contributed by atoms with Crippen LogP contribution in [0.5, 0.6) is 0 Å². The molecule has 1 N–H and O–H groups in total. The first-order chi connectivity index (χ1) is 11.2. The number of thiophene rings is 1. The Kier molecular flexibility index (Phi) is 3.45. The minimum Gasteiger partial charge on any atom is -0.337 e. The Bertz CT molecular complexity index is 911. The third kappa shape index (κ3) is 2.54. The molecule has 3 heterocycles. The Balaban J connectivity index is 1.69. The van der Waals surface area contributed by atoms with Crippen molar-refractivity contribution >= 4 is 33.6 Å². The van der Waals surface area contributed by atoms with Crippen LogP contribution < -0.4 is 0 Å². The largest absolute Gasteiger partial charge is 0.337 e. The lowest BCUT2D eigenvalue weighted by atomic mass is 10.0. The van der Waals surface area contributed by atoms with Gasteiger partial charge in [-0.2, -0.15) is 5.26 Å². The third-order valence-electron chi connectivity index (χ3n) is 4.05. The van der Waals surface area contributed by atoms with Gasteiger partial charge in [0.15, 0.2) is 0 Å². The molecule has 0 aliphatic carbocycles. The van der Waals surface area contributed by atoms with Crippen LogP contribution in [0.4, 0.5) is 5.00 Å². The summed E-state index contributed by atoms with van der Waals surface area (Å²) >= 11 is 1.61. The zero-order valence-corrected chi connectivity index (χ0v) is 13.5. The summed E-state index contributed by atoms with van der Waals surface area (Å²) in [6.07, 6.45) is 2.63. The molecule has 0 fully saturated rings. The highest BCUT2D eigenvalue weighted by molar-refractivity contribution is 7.16. The van der Waals surface area contributed by atoms with Crippen molar-refractivity contribution in [2.75, 3.05) is 13.6 Å². The van der Waals surface area contributed by atoms with Crippen LogP contribution in [-0.2, 0) is 13.0 Å². The van der Waals surface area contributed by atoms with E-state index in [1.54, 1.807) is 17.6 Å². The second-order valence-electron chi connectivity index (χ2n) is 5.68. The molecule has 0 bridgehead atoms.